The third-order valence-electron chi connectivity index (χ3n) is 4.39. The van der Waals surface area contributed by atoms with Gasteiger partial charge in [-0.2, -0.15) is 0 Å². The Morgan fingerprint density at radius 2 is 2.04 bits per heavy atom. The lowest BCUT2D eigenvalue weighted by Gasteiger charge is -2.12. The van der Waals surface area contributed by atoms with Crippen molar-refractivity contribution in [1.29, 1.82) is 0 Å². The number of hydrogen-bond acceptors (Lipinski definition) is 3. The van der Waals surface area contributed by atoms with Gasteiger partial charge in [0.2, 0.25) is 0 Å². The number of carbonyl (C=O) groups is 1. The lowest BCUT2D eigenvalue weighted by Crippen LogP contribution is -2.33. The fraction of sp³-hybridized carbons (Fsp3) is 0.381. The number of ether oxygens (including phenoxy) is 2. The van der Waals surface area contributed by atoms with E-state index in [2.05, 4.69) is 34.9 Å². The first-order valence-corrected chi connectivity index (χ1v) is 9.19. The van der Waals surface area contributed by atoms with Crippen LogP contribution in [0.1, 0.15) is 18.4 Å². The van der Waals surface area contributed by atoms with Crippen LogP contribution in [0.4, 0.5) is 10.5 Å². The summed E-state index contributed by atoms with van der Waals surface area (Å²) in [6.07, 6.45) is 2.95. The molecule has 0 aliphatic carbocycles. The highest BCUT2D eigenvalue weighted by atomic mass is 16.5. The number of nitrogens with one attached hydrogen (secondary N) is 2. The van der Waals surface area contributed by atoms with Gasteiger partial charge in [0.15, 0.2) is 0 Å². The van der Waals surface area contributed by atoms with Crippen molar-refractivity contribution < 1.29 is 14.3 Å². The van der Waals surface area contributed by atoms with E-state index in [0.717, 1.165) is 43.9 Å². The summed E-state index contributed by atoms with van der Waals surface area (Å²) in [6, 6.07) is 17.7. The molecule has 2 N–H and O–H groups in total. The monoisotopic (exact) mass is 354 g/mol. The topological polar surface area (TPSA) is 59.6 Å². The second kappa shape index (κ2) is 9.82. The van der Waals surface area contributed by atoms with Gasteiger partial charge in [0, 0.05) is 30.8 Å². The van der Waals surface area contributed by atoms with Gasteiger partial charge in [-0.1, -0.05) is 36.4 Å². The Kier molecular flexibility index (Phi) is 6.90. The van der Waals surface area contributed by atoms with Crippen LogP contribution in [0.25, 0.3) is 0 Å². The van der Waals surface area contributed by atoms with E-state index in [1.54, 1.807) is 0 Å². The zero-order valence-corrected chi connectivity index (χ0v) is 14.9. The Morgan fingerprint density at radius 3 is 2.85 bits per heavy atom. The van der Waals surface area contributed by atoms with E-state index in [-0.39, 0.29) is 6.03 Å². The Balaban J connectivity index is 1.38. The molecule has 1 saturated heterocycles. The highest BCUT2D eigenvalue weighted by molar-refractivity contribution is 5.89. The third-order valence-corrected chi connectivity index (χ3v) is 4.39. The molecule has 0 spiro atoms. The van der Waals surface area contributed by atoms with Gasteiger partial charge in [-0.15, -0.1) is 0 Å². The molecule has 26 heavy (non-hydrogen) atoms. The molecule has 0 saturated carbocycles. The molecule has 3 rings (SSSR count). The maximum absolute atomic E-state index is 12.0. The molecule has 1 heterocycles. The molecule has 5 heteroatoms. The van der Waals surface area contributed by atoms with E-state index < -0.39 is 0 Å². The quantitative estimate of drug-likeness (QED) is 0.708. The summed E-state index contributed by atoms with van der Waals surface area (Å²) in [5.41, 5.74) is 2.04. The first-order valence-electron chi connectivity index (χ1n) is 9.19. The van der Waals surface area contributed by atoms with Crippen LogP contribution in [-0.2, 0) is 11.2 Å². The number of urea groups is 1. The summed E-state index contributed by atoms with van der Waals surface area (Å²) < 4.78 is 11.1. The van der Waals surface area contributed by atoms with Crippen molar-refractivity contribution in [1.82, 2.24) is 5.32 Å². The number of carbonyl (C=O) groups excluding carboxylic acids is 1. The Labute approximate surface area is 154 Å². The van der Waals surface area contributed by atoms with Crippen molar-refractivity contribution in [2.75, 3.05) is 31.7 Å². The van der Waals surface area contributed by atoms with Crippen LogP contribution in [0.5, 0.6) is 5.75 Å². The van der Waals surface area contributed by atoms with Gasteiger partial charge in [0.25, 0.3) is 0 Å². The fourth-order valence-electron chi connectivity index (χ4n) is 2.93. The average Bonchev–Trinajstić information content (AvgIpc) is 3.18. The Bertz CT molecular complexity index is 685. The van der Waals surface area contributed by atoms with Crippen molar-refractivity contribution in [3.05, 3.63) is 60.2 Å². The van der Waals surface area contributed by atoms with Gasteiger partial charge < -0.3 is 20.1 Å². The van der Waals surface area contributed by atoms with E-state index in [9.17, 15) is 4.79 Å². The van der Waals surface area contributed by atoms with Crippen molar-refractivity contribution in [3.8, 4) is 5.75 Å². The highest BCUT2D eigenvalue weighted by Crippen LogP contribution is 2.18. The molecule has 138 valence electrons. The van der Waals surface area contributed by atoms with Gasteiger partial charge in [-0.25, -0.2) is 4.79 Å². The third kappa shape index (κ3) is 6.08. The minimum absolute atomic E-state index is 0.196. The number of anilines is 1. The van der Waals surface area contributed by atoms with Gasteiger partial charge in [0.1, 0.15) is 5.75 Å². The maximum atomic E-state index is 12.0. The van der Waals surface area contributed by atoms with Crippen LogP contribution in [0, 0.1) is 5.92 Å². The van der Waals surface area contributed by atoms with Gasteiger partial charge in [0.05, 0.1) is 13.2 Å². The first kappa shape index (κ1) is 18.3. The molecule has 2 aromatic carbocycles. The Morgan fingerprint density at radius 1 is 1.15 bits per heavy atom. The van der Waals surface area contributed by atoms with Crippen LogP contribution in [0.2, 0.25) is 0 Å². The minimum Gasteiger partial charge on any atom is -0.494 e. The molecule has 1 aliphatic rings. The molecular weight excluding hydrogens is 328 g/mol. The number of amides is 2. The van der Waals surface area contributed by atoms with Gasteiger partial charge >= 0.3 is 6.03 Å². The van der Waals surface area contributed by atoms with Crippen LogP contribution in [0.15, 0.2) is 54.6 Å². The summed E-state index contributed by atoms with van der Waals surface area (Å²) in [5, 5.41) is 5.74. The highest BCUT2D eigenvalue weighted by Gasteiger charge is 2.16. The lowest BCUT2D eigenvalue weighted by molar-refractivity contribution is 0.185. The van der Waals surface area contributed by atoms with Gasteiger partial charge in [-0.3, -0.25) is 0 Å². The van der Waals surface area contributed by atoms with E-state index in [0.29, 0.717) is 19.1 Å². The summed E-state index contributed by atoms with van der Waals surface area (Å²) in [4.78, 5) is 12.0. The lowest BCUT2D eigenvalue weighted by atomic mass is 10.1. The molecule has 2 amide bonds. The molecule has 1 aliphatic heterocycles. The molecule has 2 aromatic rings. The maximum Gasteiger partial charge on any atom is 0.319 e. The van der Waals surface area contributed by atoms with Crippen molar-refractivity contribution >= 4 is 11.7 Å². The number of hydrogen-bond donors (Lipinski definition) is 2. The van der Waals surface area contributed by atoms with Crippen molar-refractivity contribution in [2.45, 2.75) is 19.3 Å². The molecular formula is C21H26N2O3. The summed E-state index contributed by atoms with van der Waals surface area (Å²) >= 11 is 0. The van der Waals surface area contributed by atoms with Gasteiger partial charge in [-0.05, 0) is 37.0 Å². The van der Waals surface area contributed by atoms with Crippen LogP contribution in [-0.4, -0.2) is 32.4 Å². The van der Waals surface area contributed by atoms with E-state index in [4.69, 9.17) is 9.47 Å². The summed E-state index contributed by atoms with van der Waals surface area (Å²) in [5.74, 6) is 1.18. The zero-order chi connectivity index (χ0) is 18.0. The second-order valence-electron chi connectivity index (χ2n) is 6.53. The Hall–Kier alpha value is -2.53. The predicted octanol–water partition coefficient (Wildman–Crippen LogP) is 3.86. The number of benzene rings is 2. The normalized spacial score (nSPS) is 16.2. The van der Waals surface area contributed by atoms with E-state index in [1.807, 2.05) is 30.3 Å². The SMILES string of the molecule is O=C(NC[C@H]1CCOC1)Nc1cccc(OCCCc2ccccc2)c1. The molecule has 5 nitrogen and oxygen atoms in total. The molecule has 0 radical (unpaired) electrons. The smallest absolute Gasteiger partial charge is 0.319 e. The van der Waals surface area contributed by atoms with E-state index in [1.165, 1.54) is 5.56 Å². The average molecular weight is 354 g/mol. The second-order valence-corrected chi connectivity index (χ2v) is 6.53. The molecule has 1 atom stereocenters. The van der Waals surface area contributed by atoms with Crippen LogP contribution < -0.4 is 15.4 Å². The summed E-state index contributed by atoms with van der Waals surface area (Å²) in [7, 11) is 0. The minimum atomic E-state index is -0.196. The molecule has 0 bridgehead atoms. The molecule has 1 fully saturated rings. The number of rotatable bonds is 8. The zero-order valence-electron chi connectivity index (χ0n) is 14.9. The van der Waals surface area contributed by atoms with Crippen molar-refractivity contribution in [2.24, 2.45) is 5.92 Å². The molecule has 0 aromatic heterocycles. The van der Waals surface area contributed by atoms with Crippen molar-refractivity contribution in [3.63, 3.8) is 0 Å². The molecule has 0 unspecified atom stereocenters. The largest absolute Gasteiger partial charge is 0.494 e. The van der Waals surface area contributed by atoms with Crippen LogP contribution in [0.3, 0.4) is 0 Å². The standard InChI is InChI=1S/C21H26N2O3/c24-21(22-15-18-11-13-25-16-18)23-19-9-4-10-20(14-19)26-12-5-8-17-6-2-1-3-7-17/h1-4,6-7,9-10,14,18H,5,8,11-13,15-16H2,(H2,22,23,24)/t18-/m1/s1. The van der Waals surface area contributed by atoms with E-state index >= 15 is 0 Å². The predicted molar refractivity (Wildman–Crippen MR) is 103 cm³/mol. The first-order chi connectivity index (χ1) is 12.8. The fourth-order valence-corrected chi connectivity index (χ4v) is 2.93. The summed E-state index contributed by atoms with van der Waals surface area (Å²) in [6.45, 7) is 2.80. The van der Waals surface area contributed by atoms with Crippen LogP contribution >= 0.6 is 0 Å². The number of aryl methyl sites for hydroxylation is 1.